The minimum absolute atomic E-state index is 0.0302. The number of amides is 1. The molecule has 1 heterocycles. The van der Waals surface area contributed by atoms with Crippen LogP contribution < -0.4 is 11.1 Å². The molecule has 8 heteroatoms. The molecule has 1 aromatic heterocycles. The summed E-state index contributed by atoms with van der Waals surface area (Å²) in [7, 11) is 0. The molecule has 22 heavy (non-hydrogen) atoms. The van der Waals surface area contributed by atoms with Gasteiger partial charge in [-0.1, -0.05) is 29.3 Å². The van der Waals surface area contributed by atoms with Gasteiger partial charge in [-0.15, -0.1) is 0 Å². The monoisotopic (exact) mass is 338 g/mol. The molecule has 5 nitrogen and oxygen atoms in total. The van der Waals surface area contributed by atoms with E-state index in [2.05, 4.69) is 10.3 Å². The van der Waals surface area contributed by atoms with Crippen molar-refractivity contribution in [2.45, 2.75) is 6.04 Å². The van der Waals surface area contributed by atoms with Crippen LogP contribution in [0.5, 0.6) is 0 Å². The Hall–Kier alpha value is -2.36. The van der Waals surface area contributed by atoms with Crippen LogP contribution in [-0.4, -0.2) is 10.9 Å². The minimum Gasteiger partial charge on any atom is -0.384 e. The summed E-state index contributed by atoms with van der Waals surface area (Å²) in [6.07, 6.45) is 0. The van der Waals surface area contributed by atoms with Crippen LogP contribution in [0.1, 0.15) is 22.0 Å². The quantitative estimate of drug-likeness (QED) is 0.841. The van der Waals surface area contributed by atoms with Crippen LogP contribution in [0.2, 0.25) is 10.2 Å². The molecule has 0 aliphatic rings. The molecule has 2 aromatic rings. The predicted molar refractivity (Wildman–Crippen MR) is 80.9 cm³/mol. The second kappa shape index (κ2) is 6.60. The number of nitrogen functional groups attached to an aromatic ring is 1. The number of nitrogens with one attached hydrogen (secondary N) is 1. The molecule has 2 rings (SSSR count). The van der Waals surface area contributed by atoms with Crippen LogP contribution in [0.3, 0.4) is 0 Å². The lowest BCUT2D eigenvalue weighted by Gasteiger charge is -2.14. The maximum absolute atomic E-state index is 13.8. The summed E-state index contributed by atoms with van der Waals surface area (Å²) in [5.74, 6) is -1.29. The summed E-state index contributed by atoms with van der Waals surface area (Å²) in [5, 5.41) is 11.6. The highest BCUT2D eigenvalue weighted by Gasteiger charge is 2.21. The second-order valence-corrected chi connectivity index (χ2v) is 5.07. The Kier molecular flexibility index (Phi) is 4.81. The van der Waals surface area contributed by atoms with E-state index in [4.69, 9.17) is 28.9 Å². The van der Waals surface area contributed by atoms with Gasteiger partial charge in [0.2, 0.25) is 0 Å². The molecule has 0 fully saturated rings. The maximum Gasteiger partial charge on any atom is 0.252 e. The predicted octanol–water partition coefficient (Wildman–Crippen LogP) is 3.10. The van der Waals surface area contributed by atoms with Crippen LogP contribution in [0.15, 0.2) is 30.3 Å². The number of pyridine rings is 1. The zero-order valence-electron chi connectivity index (χ0n) is 11.0. The molecule has 0 spiro atoms. The highest BCUT2D eigenvalue weighted by Crippen LogP contribution is 2.26. The maximum atomic E-state index is 13.8. The summed E-state index contributed by atoms with van der Waals surface area (Å²) in [6, 6.07) is 7.09. The number of rotatable bonds is 3. The van der Waals surface area contributed by atoms with E-state index < -0.39 is 17.8 Å². The highest BCUT2D eigenvalue weighted by molar-refractivity contribution is 6.31. The van der Waals surface area contributed by atoms with Crippen molar-refractivity contribution in [2.75, 3.05) is 5.73 Å². The van der Waals surface area contributed by atoms with Crippen molar-refractivity contribution in [3.8, 4) is 6.07 Å². The van der Waals surface area contributed by atoms with Crippen molar-refractivity contribution in [3.63, 3.8) is 0 Å². The van der Waals surface area contributed by atoms with E-state index in [-0.39, 0.29) is 27.1 Å². The van der Waals surface area contributed by atoms with Gasteiger partial charge >= 0.3 is 0 Å². The van der Waals surface area contributed by atoms with Crippen LogP contribution >= 0.6 is 23.2 Å². The van der Waals surface area contributed by atoms with E-state index in [1.807, 2.05) is 0 Å². The fourth-order valence-corrected chi connectivity index (χ4v) is 2.31. The van der Waals surface area contributed by atoms with E-state index >= 15 is 0 Å². The molecule has 0 aliphatic carbocycles. The van der Waals surface area contributed by atoms with Crippen LogP contribution in [-0.2, 0) is 0 Å². The number of nitrogens with zero attached hydrogens (tertiary/aromatic N) is 2. The average Bonchev–Trinajstić information content (AvgIpc) is 2.44. The number of halogens is 3. The lowest BCUT2D eigenvalue weighted by Crippen LogP contribution is -2.28. The molecule has 3 N–H and O–H groups in total. The Morgan fingerprint density at radius 1 is 1.41 bits per heavy atom. The number of hydrogen-bond acceptors (Lipinski definition) is 4. The molecule has 1 atom stereocenters. The number of carbonyl (C=O) groups excluding carboxylic acids is 1. The van der Waals surface area contributed by atoms with Crippen molar-refractivity contribution < 1.29 is 9.18 Å². The van der Waals surface area contributed by atoms with E-state index in [1.54, 1.807) is 6.07 Å². The van der Waals surface area contributed by atoms with Crippen LogP contribution in [0.25, 0.3) is 0 Å². The molecule has 112 valence electrons. The summed E-state index contributed by atoms with van der Waals surface area (Å²) in [4.78, 5) is 15.9. The standard InChI is InChI=1S/C14H9Cl2FN4O/c15-8-2-1-3-9(17)13(8)10(6-18)20-14(22)7-4-11(16)21-12(19)5-7/h1-5,10H,(H2,19,21)(H,20,22). The summed E-state index contributed by atoms with van der Waals surface area (Å²) in [6.45, 7) is 0. The number of aromatic nitrogens is 1. The summed E-state index contributed by atoms with van der Waals surface area (Å²) in [5.41, 5.74) is 5.50. The number of carbonyl (C=O) groups is 1. The molecule has 1 unspecified atom stereocenters. The van der Waals surface area contributed by atoms with Crippen molar-refractivity contribution in [1.82, 2.24) is 10.3 Å². The van der Waals surface area contributed by atoms with Gasteiger partial charge in [0.15, 0.2) is 0 Å². The van der Waals surface area contributed by atoms with Gasteiger partial charge in [-0.05, 0) is 24.3 Å². The van der Waals surface area contributed by atoms with Gasteiger partial charge in [0.05, 0.1) is 6.07 Å². The third kappa shape index (κ3) is 3.45. The number of benzene rings is 1. The number of nitriles is 1. The lowest BCUT2D eigenvalue weighted by molar-refractivity contribution is 0.0944. The first-order chi connectivity index (χ1) is 10.4. The topological polar surface area (TPSA) is 91.8 Å². The fraction of sp³-hybridized carbons (Fsp3) is 0.0714. The highest BCUT2D eigenvalue weighted by atomic mass is 35.5. The molecule has 0 saturated heterocycles. The van der Waals surface area contributed by atoms with Gasteiger partial charge < -0.3 is 11.1 Å². The molecular weight excluding hydrogens is 330 g/mol. The van der Waals surface area contributed by atoms with Crippen molar-refractivity contribution in [3.05, 3.63) is 57.5 Å². The van der Waals surface area contributed by atoms with Gasteiger partial charge in [-0.2, -0.15) is 5.26 Å². The van der Waals surface area contributed by atoms with Gasteiger partial charge in [0.1, 0.15) is 22.8 Å². The first kappa shape index (κ1) is 16.0. The fourth-order valence-electron chi connectivity index (χ4n) is 1.82. The Morgan fingerprint density at radius 2 is 2.14 bits per heavy atom. The summed E-state index contributed by atoms with van der Waals surface area (Å²) >= 11 is 11.6. The van der Waals surface area contributed by atoms with Gasteiger partial charge in [-0.3, -0.25) is 4.79 Å². The molecule has 0 radical (unpaired) electrons. The largest absolute Gasteiger partial charge is 0.384 e. The molecular formula is C14H9Cl2FN4O. The first-order valence-corrected chi connectivity index (χ1v) is 6.75. The summed E-state index contributed by atoms with van der Waals surface area (Å²) < 4.78 is 13.8. The first-order valence-electron chi connectivity index (χ1n) is 6.00. The Morgan fingerprint density at radius 3 is 2.73 bits per heavy atom. The SMILES string of the molecule is N#CC(NC(=O)c1cc(N)nc(Cl)c1)c1c(F)cccc1Cl. The van der Waals surface area contributed by atoms with Crippen molar-refractivity contribution >= 4 is 34.9 Å². The zero-order valence-corrected chi connectivity index (χ0v) is 12.5. The normalized spacial score (nSPS) is 11.5. The molecule has 0 bridgehead atoms. The van der Waals surface area contributed by atoms with Gasteiger partial charge in [0, 0.05) is 16.1 Å². The third-order valence-corrected chi connectivity index (χ3v) is 3.29. The Labute approximate surface area is 135 Å². The molecule has 1 amide bonds. The second-order valence-electron chi connectivity index (χ2n) is 4.27. The van der Waals surface area contributed by atoms with Crippen LogP contribution in [0.4, 0.5) is 10.2 Å². The van der Waals surface area contributed by atoms with E-state index in [0.717, 1.165) is 6.07 Å². The van der Waals surface area contributed by atoms with E-state index in [9.17, 15) is 14.4 Å². The third-order valence-electron chi connectivity index (χ3n) is 2.77. The number of nitrogens with two attached hydrogens (primary N) is 1. The van der Waals surface area contributed by atoms with E-state index in [1.165, 1.54) is 24.3 Å². The van der Waals surface area contributed by atoms with Crippen LogP contribution in [0, 0.1) is 17.1 Å². The minimum atomic E-state index is -1.26. The van der Waals surface area contributed by atoms with Gasteiger partial charge in [-0.25, -0.2) is 9.37 Å². The molecule has 0 aliphatic heterocycles. The molecule has 1 aromatic carbocycles. The zero-order chi connectivity index (χ0) is 16.3. The smallest absolute Gasteiger partial charge is 0.252 e. The lowest BCUT2D eigenvalue weighted by atomic mass is 10.1. The van der Waals surface area contributed by atoms with Crippen molar-refractivity contribution in [2.24, 2.45) is 0 Å². The number of anilines is 1. The Balaban J connectivity index is 2.31. The van der Waals surface area contributed by atoms with Gasteiger partial charge in [0.25, 0.3) is 5.91 Å². The molecule has 0 saturated carbocycles. The number of hydrogen-bond donors (Lipinski definition) is 2. The van der Waals surface area contributed by atoms with E-state index in [0.29, 0.717) is 0 Å². The van der Waals surface area contributed by atoms with Crippen molar-refractivity contribution in [1.29, 1.82) is 5.26 Å². The Bertz CT molecular complexity index is 735. The average molecular weight is 339 g/mol.